The molecule has 0 aliphatic carbocycles. The maximum atomic E-state index is 15.2. The van der Waals surface area contributed by atoms with Crippen LogP contribution in [0.25, 0.3) is 22.8 Å². The zero-order valence-corrected chi connectivity index (χ0v) is 18.1. The minimum Gasteiger partial charge on any atom is -0.491 e. The van der Waals surface area contributed by atoms with E-state index < -0.39 is 11.2 Å². The van der Waals surface area contributed by atoms with Crippen LogP contribution >= 0.6 is 0 Å². The first kappa shape index (κ1) is 21.1. The molecule has 1 aliphatic rings. The van der Waals surface area contributed by atoms with Gasteiger partial charge in [-0.2, -0.15) is 10.2 Å². The third-order valence-electron chi connectivity index (χ3n) is 5.90. The monoisotopic (exact) mass is 445 g/mol. The Morgan fingerprint density at radius 3 is 2.61 bits per heavy atom. The summed E-state index contributed by atoms with van der Waals surface area (Å²) in [6, 6.07) is 16.3. The van der Waals surface area contributed by atoms with Crippen LogP contribution in [0.4, 0.5) is 4.39 Å². The van der Waals surface area contributed by atoms with Crippen molar-refractivity contribution in [2.24, 2.45) is 0 Å². The highest BCUT2D eigenvalue weighted by Gasteiger charge is 2.21. The number of hydrogen-bond acceptors (Lipinski definition) is 5. The Morgan fingerprint density at radius 2 is 1.88 bits per heavy atom. The molecule has 8 heteroatoms. The van der Waals surface area contributed by atoms with Gasteiger partial charge in [0.05, 0.1) is 30.9 Å². The van der Waals surface area contributed by atoms with Crippen molar-refractivity contribution in [3.05, 3.63) is 88.6 Å². The molecule has 0 amide bonds. The molecule has 0 unspecified atom stereocenters. The van der Waals surface area contributed by atoms with Crippen LogP contribution in [0.2, 0.25) is 0 Å². The molecule has 0 bridgehead atoms. The SMILES string of the molecule is [11CH3]Oc1cn(-c2ccc(C3CCOCC3)cc2F)nc(-c2ccnn2-c2ccccc2)c1=O. The van der Waals surface area contributed by atoms with Crippen molar-refractivity contribution in [1.29, 1.82) is 0 Å². The van der Waals surface area contributed by atoms with E-state index in [1.165, 1.54) is 18.0 Å². The zero-order chi connectivity index (χ0) is 22.8. The van der Waals surface area contributed by atoms with Crippen molar-refractivity contribution >= 4 is 0 Å². The fourth-order valence-corrected chi connectivity index (χ4v) is 4.16. The van der Waals surface area contributed by atoms with Gasteiger partial charge in [-0.3, -0.25) is 4.79 Å². The number of rotatable bonds is 5. The van der Waals surface area contributed by atoms with Crippen molar-refractivity contribution in [2.75, 3.05) is 20.3 Å². The van der Waals surface area contributed by atoms with Crippen molar-refractivity contribution in [2.45, 2.75) is 18.8 Å². The summed E-state index contributed by atoms with van der Waals surface area (Å²) in [5.74, 6) is -0.0805. The number of aromatic nitrogens is 4. The summed E-state index contributed by atoms with van der Waals surface area (Å²) in [6.07, 6.45) is 4.74. The average molecular weight is 445 g/mol. The molecule has 5 rings (SSSR count). The zero-order valence-electron chi connectivity index (χ0n) is 18.1. The van der Waals surface area contributed by atoms with E-state index in [2.05, 4.69) is 10.2 Å². The minimum absolute atomic E-state index is 0.0636. The molecule has 0 N–H and O–H groups in total. The van der Waals surface area contributed by atoms with Crippen LogP contribution in [0.3, 0.4) is 0 Å². The summed E-state index contributed by atoms with van der Waals surface area (Å²) in [5, 5.41) is 8.83. The predicted molar refractivity (Wildman–Crippen MR) is 122 cm³/mol. The number of ether oxygens (including phenoxy) is 2. The number of halogens is 1. The normalized spacial score (nSPS) is 14.4. The number of para-hydroxylation sites is 1. The van der Waals surface area contributed by atoms with E-state index >= 15 is 4.39 Å². The first-order chi connectivity index (χ1) is 16.2. The minimum atomic E-state index is -0.417. The first-order valence-electron chi connectivity index (χ1n) is 10.8. The summed E-state index contributed by atoms with van der Waals surface area (Å²) < 4.78 is 28.9. The molecule has 168 valence electrons. The smallest absolute Gasteiger partial charge is 0.251 e. The molecule has 7 nitrogen and oxygen atoms in total. The van der Waals surface area contributed by atoms with Crippen LogP contribution in [0.1, 0.15) is 24.3 Å². The van der Waals surface area contributed by atoms with Crippen LogP contribution < -0.4 is 10.2 Å². The topological polar surface area (TPSA) is 71.2 Å². The second kappa shape index (κ2) is 8.99. The summed E-state index contributed by atoms with van der Waals surface area (Å²) in [6.45, 7) is 1.37. The van der Waals surface area contributed by atoms with Crippen molar-refractivity contribution in [1.82, 2.24) is 19.6 Å². The second-order valence-corrected chi connectivity index (χ2v) is 7.88. The van der Waals surface area contributed by atoms with Gasteiger partial charge in [0, 0.05) is 13.2 Å². The van der Waals surface area contributed by atoms with Crippen LogP contribution in [0.15, 0.2) is 71.8 Å². The lowest BCUT2D eigenvalue weighted by Gasteiger charge is -2.22. The molecule has 0 spiro atoms. The van der Waals surface area contributed by atoms with Crippen molar-refractivity contribution in [3.63, 3.8) is 0 Å². The molecular weight excluding hydrogens is 422 g/mol. The maximum Gasteiger partial charge on any atom is 0.251 e. The average Bonchev–Trinajstić information content (AvgIpc) is 3.35. The maximum absolute atomic E-state index is 15.2. The van der Waals surface area contributed by atoms with E-state index in [4.69, 9.17) is 9.47 Å². The number of nitrogens with zero attached hydrogens (tertiary/aromatic N) is 4. The van der Waals surface area contributed by atoms with Crippen LogP contribution in [0, 0.1) is 5.82 Å². The molecule has 0 atom stereocenters. The first-order valence-corrected chi connectivity index (χ1v) is 10.8. The van der Waals surface area contributed by atoms with E-state index in [0.29, 0.717) is 18.9 Å². The fourth-order valence-electron chi connectivity index (χ4n) is 4.16. The summed E-state index contributed by atoms with van der Waals surface area (Å²) in [5.41, 5.74) is 2.15. The quantitative estimate of drug-likeness (QED) is 0.462. The van der Waals surface area contributed by atoms with E-state index in [9.17, 15) is 4.79 Å². The van der Waals surface area contributed by atoms with Gasteiger partial charge in [-0.25, -0.2) is 13.8 Å². The van der Waals surface area contributed by atoms with Gasteiger partial charge in [0.1, 0.15) is 11.5 Å². The largest absolute Gasteiger partial charge is 0.491 e. The number of hydrogen-bond donors (Lipinski definition) is 0. The van der Waals surface area contributed by atoms with E-state index in [0.717, 1.165) is 24.1 Å². The highest BCUT2D eigenvalue weighted by Crippen LogP contribution is 2.29. The molecule has 2 aromatic heterocycles. The summed E-state index contributed by atoms with van der Waals surface area (Å²) in [7, 11) is 1.41. The van der Waals surface area contributed by atoms with Gasteiger partial charge in [0.15, 0.2) is 11.4 Å². The van der Waals surface area contributed by atoms with Crippen LogP contribution in [0.5, 0.6) is 5.75 Å². The van der Waals surface area contributed by atoms with E-state index in [-0.39, 0.29) is 23.0 Å². The number of benzene rings is 2. The molecule has 3 heterocycles. The summed E-state index contributed by atoms with van der Waals surface area (Å²) in [4.78, 5) is 13.1. The molecular formula is C25H23FN4O3. The third-order valence-corrected chi connectivity index (χ3v) is 5.90. The lowest BCUT2D eigenvalue weighted by atomic mass is 9.91. The van der Waals surface area contributed by atoms with Crippen molar-refractivity contribution in [3.8, 4) is 28.5 Å². The Labute approximate surface area is 190 Å². The fraction of sp³-hybridized carbons (Fsp3) is 0.240. The van der Waals surface area contributed by atoms with Gasteiger partial charge in [0.25, 0.3) is 5.43 Å². The molecule has 1 saturated heterocycles. The molecule has 0 radical (unpaired) electrons. The molecule has 2 aromatic carbocycles. The van der Waals surface area contributed by atoms with Gasteiger partial charge < -0.3 is 9.47 Å². The Balaban J connectivity index is 1.60. The molecule has 33 heavy (non-hydrogen) atoms. The molecule has 0 saturated carbocycles. The van der Waals surface area contributed by atoms with Gasteiger partial charge in [-0.05, 0) is 54.7 Å². The Kier molecular flexibility index (Phi) is 5.75. The summed E-state index contributed by atoms with van der Waals surface area (Å²) >= 11 is 0. The van der Waals surface area contributed by atoms with Gasteiger partial charge in [-0.1, -0.05) is 24.3 Å². The second-order valence-electron chi connectivity index (χ2n) is 7.88. The Hall–Kier alpha value is -3.78. The highest BCUT2D eigenvalue weighted by molar-refractivity contribution is 5.59. The Bertz CT molecular complexity index is 1330. The van der Waals surface area contributed by atoms with Crippen molar-refractivity contribution < 1.29 is 13.9 Å². The van der Waals surface area contributed by atoms with Gasteiger partial charge in [0.2, 0.25) is 0 Å². The standard InChI is InChI=1S/C25H23FN4O3/c1-32-23-16-29(21-8-7-18(15-20(21)26)17-10-13-33-14-11-17)28-24(25(23)31)22-9-12-27-30(22)19-5-3-2-4-6-19/h2-9,12,15-17H,10-11,13-14H2,1H3/i1-1. The molecule has 1 aliphatic heterocycles. The van der Waals surface area contributed by atoms with Crippen LogP contribution in [-0.4, -0.2) is 39.9 Å². The van der Waals surface area contributed by atoms with Crippen LogP contribution in [-0.2, 0) is 4.74 Å². The Morgan fingerprint density at radius 1 is 1.09 bits per heavy atom. The lowest BCUT2D eigenvalue weighted by molar-refractivity contribution is 0.0853. The van der Waals surface area contributed by atoms with Gasteiger partial charge in [-0.15, -0.1) is 0 Å². The van der Waals surface area contributed by atoms with Gasteiger partial charge >= 0.3 is 0 Å². The molecule has 1 fully saturated rings. The predicted octanol–water partition coefficient (Wildman–Crippen LogP) is 4.13. The van der Waals surface area contributed by atoms with E-state index in [1.54, 1.807) is 29.1 Å². The lowest BCUT2D eigenvalue weighted by Crippen LogP contribution is -2.18. The van der Waals surface area contributed by atoms with E-state index in [1.807, 2.05) is 36.4 Å². The number of methoxy groups -OCH3 is 1. The highest BCUT2D eigenvalue weighted by atomic mass is 19.1. The molecule has 4 aromatic rings. The third kappa shape index (κ3) is 4.05.